The van der Waals surface area contributed by atoms with Gasteiger partial charge < -0.3 is 9.84 Å². The number of fused-ring (bicyclic) bond motifs is 1. The molecule has 1 N–H and O–H groups in total. The first-order valence-electron chi connectivity index (χ1n) is 7.34. The maximum absolute atomic E-state index is 12.5. The van der Waals surface area contributed by atoms with E-state index in [1.54, 1.807) is 36.4 Å². The van der Waals surface area contributed by atoms with Gasteiger partial charge >= 0.3 is 0 Å². The Kier molecular flexibility index (Phi) is 5.49. The van der Waals surface area contributed by atoms with Crippen LogP contribution in [-0.4, -0.2) is 27.4 Å². The fourth-order valence-electron chi connectivity index (χ4n) is 2.31. The summed E-state index contributed by atoms with van der Waals surface area (Å²) in [6.07, 6.45) is 0.444. The molecule has 2 aromatic carbocycles. The average molecular weight is 400 g/mol. The van der Waals surface area contributed by atoms with Crippen molar-refractivity contribution in [2.45, 2.75) is 12.6 Å². The minimum absolute atomic E-state index is 0.0203. The maximum atomic E-state index is 12.5. The Morgan fingerprint density at radius 3 is 2.64 bits per heavy atom. The molecule has 5 nitrogen and oxygen atoms in total. The molecule has 1 atom stereocenters. The van der Waals surface area contributed by atoms with E-state index in [9.17, 15) is 9.90 Å². The second kappa shape index (κ2) is 7.62. The third-order valence-electron chi connectivity index (χ3n) is 3.52. The highest BCUT2D eigenvalue weighted by Gasteiger charge is 2.12. The zero-order valence-electron chi connectivity index (χ0n) is 12.8. The van der Waals surface area contributed by atoms with Gasteiger partial charge in [-0.25, -0.2) is 4.98 Å². The molecular formula is C17H13Cl3N2O3. The van der Waals surface area contributed by atoms with Crippen LogP contribution in [0.1, 0.15) is 0 Å². The lowest BCUT2D eigenvalue weighted by Crippen LogP contribution is -2.30. The SMILES string of the molecule is O=c1c2cc(Cl)ccc2ncn1C[C@@H](O)COc1cc(Cl)ccc1Cl. The van der Waals surface area contributed by atoms with Gasteiger partial charge in [-0.3, -0.25) is 9.36 Å². The Morgan fingerprint density at radius 1 is 1.12 bits per heavy atom. The summed E-state index contributed by atoms with van der Waals surface area (Å²) < 4.78 is 6.79. The summed E-state index contributed by atoms with van der Waals surface area (Å²) in [5.74, 6) is 0.365. The van der Waals surface area contributed by atoms with Crippen LogP contribution in [0.3, 0.4) is 0 Å². The number of benzene rings is 2. The van der Waals surface area contributed by atoms with Crippen LogP contribution in [0.15, 0.2) is 47.5 Å². The van der Waals surface area contributed by atoms with Gasteiger partial charge in [-0.2, -0.15) is 0 Å². The van der Waals surface area contributed by atoms with Gasteiger partial charge in [-0.15, -0.1) is 0 Å². The number of hydrogen-bond acceptors (Lipinski definition) is 4. The van der Waals surface area contributed by atoms with E-state index in [0.717, 1.165) is 0 Å². The highest BCUT2D eigenvalue weighted by molar-refractivity contribution is 6.34. The number of ether oxygens (including phenoxy) is 1. The van der Waals surface area contributed by atoms with Gasteiger partial charge in [0.05, 0.1) is 28.8 Å². The summed E-state index contributed by atoms with van der Waals surface area (Å²) in [7, 11) is 0. The van der Waals surface area contributed by atoms with Gasteiger partial charge in [-0.05, 0) is 30.3 Å². The molecule has 8 heteroatoms. The molecule has 0 unspecified atom stereocenters. The highest BCUT2D eigenvalue weighted by atomic mass is 35.5. The Bertz CT molecular complexity index is 975. The first-order chi connectivity index (χ1) is 11.9. The third kappa shape index (κ3) is 4.25. The fraction of sp³-hybridized carbons (Fsp3) is 0.176. The Balaban J connectivity index is 1.73. The predicted molar refractivity (Wildman–Crippen MR) is 99.0 cm³/mol. The van der Waals surface area contributed by atoms with Gasteiger partial charge in [0.25, 0.3) is 5.56 Å². The molecule has 0 aliphatic carbocycles. The van der Waals surface area contributed by atoms with Crippen molar-refractivity contribution in [2.75, 3.05) is 6.61 Å². The first-order valence-corrected chi connectivity index (χ1v) is 8.48. The summed E-state index contributed by atoms with van der Waals surface area (Å²) in [6, 6.07) is 9.69. The molecule has 0 bridgehead atoms. The zero-order chi connectivity index (χ0) is 18.0. The lowest BCUT2D eigenvalue weighted by molar-refractivity contribution is 0.0915. The molecule has 0 spiro atoms. The number of aromatic nitrogens is 2. The molecule has 25 heavy (non-hydrogen) atoms. The summed E-state index contributed by atoms with van der Waals surface area (Å²) in [5, 5.41) is 11.9. The molecular weight excluding hydrogens is 387 g/mol. The van der Waals surface area contributed by atoms with E-state index in [4.69, 9.17) is 39.5 Å². The summed E-state index contributed by atoms with van der Waals surface area (Å²) in [6.45, 7) is -0.0352. The van der Waals surface area contributed by atoms with Crippen molar-refractivity contribution < 1.29 is 9.84 Å². The third-order valence-corrected chi connectivity index (χ3v) is 4.30. The molecule has 0 aliphatic heterocycles. The van der Waals surface area contributed by atoms with Crippen molar-refractivity contribution in [3.05, 3.63) is 68.1 Å². The van der Waals surface area contributed by atoms with Crippen LogP contribution in [0, 0.1) is 0 Å². The molecule has 1 heterocycles. The lowest BCUT2D eigenvalue weighted by Gasteiger charge is -2.15. The zero-order valence-corrected chi connectivity index (χ0v) is 15.1. The van der Waals surface area contributed by atoms with Gasteiger partial charge in [0.1, 0.15) is 18.5 Å². The number of hydrogen-bond donors (Lipinski definition) is 1. The Hall–Kier alpha value is -1.79. The number of rotatable bonds is 5. The van der Waals surface area contributed by atoms with Crippen molar-refractivity contribution >= 4 is 45.7 Å². The second-order valence-electron chi connectivity index (χ2n) is 5.40. The second-order valence-corrected chi connectivity index (χ2v) is 6.68. The Labute approximate surface area is 158 Å². The first kappa shape index (κ1) is 18.0. The van der Waals surface area contributed by atoms with Crippen molar-refractivity contribution in [2.24, 2.45) is 0 Å². The largest absolute Gasteiger partial charge is 0.489 e. The number of aliphatic hydroxyl groups is 1. The summed E-state index contributed by atoms with van der Waals surface area (Å²) in [5.41, 5.74) is 0.259. The van der Waals surface area contributed by atoms with E-state index >= 15 is 0 Å². The molecule has 130 valence electrons. The van der Waals surface area contributed by atoms with Crippen molar-refractivity contribution in [1.29, 1.82) is 0 Å². The minimum Gasteiger partial charge on any atom is -0.489 e. The molecule has 0 radical (unpaired) electrons. The van der Waals surface area contributed by atoms with Crippen LogP contribution < -0.4 is 10.3 Å². The minimum atomic E-state index is -0.939. The van der Waals surface area contributed by atoms with E-state index in [2.05, 4.69) is 4.98 Å². The van der Waals surface area contributed by atoms with E-state index in [0.29, 0.717) is 31.7 Å². The molecule has 0 amide bonds. The average Bonchev–Trinajstić information content (AvgIpc) is 2.58. The van der Waals surface area contributed by atoms with Gasteiger partial charge in [0.2, 0.25) is 0 Å². The van der Waals surface area contributed by atoms with Crippen molar-refractivity contribution in [1.82, 2.24) is 9.55 Å². The number of halogens is 3. The fourth-order valence-corrected chi connectivity index (χ4v) is 2.82. The molecule has 0 saturated carbocycles. The van der Waals surface area contributed by atoms with Gasteiger partial charge in [0.15, 0.2) is 0 Å². The molecule has 0 saturated heterocycles. The van der Waals surface area contributed by atoms with Crippen LogP contribution in [0.2, 0.25) is 15.1 Å². The smallest absolute Gasteiger partial charge is 0.261 e. The van der Waals surface area contributed by atoms with E-state index in [1.807, 2.05) is 0 Å². The van der Waals surface area contributed by atoms with Crippen LogP contribution >= 0.6 is 34.8 Å². The van der Waals surface area contributed by atoms with E-state index in [-0.39, 0.29) is 18.7 Å². The highest BCUT2D eigenvalue weighted by Crippen LogP contribution is 2.27. The van der Waals surface area contributed by atoms with Crippen LogP contribution in [0.4, 0.5) is 0 Å². The van der Waals surface area contributed by atoms with Crippen molar-refractivity contribution in [3.63, 3.8) is 0 Å². The molecule has 0 aliphatic rings. The molecule has 1 aromatic heterocycles. The van der Waals surface area contributed by atoms with Crippen LogP contribution in [-0.2, 0) is 6.54 Å². The Morgan fingerprint density at radius 2 is 1.84 bits per heavy atom. The normalized spacial score (nSPS) is 12.3. The van der Waals surface area contributed by atoms with Gasteiger partial charge in [0, 0.05) is 16.1 Å². The monoisotopic (exact) mass is 398 g/mol. The lowest BCUT2D eigenvalue weighted by atomic mass is 10.2. The maximum Gasteiger partial charge on any atom is 0.261 e. The standard InChI is InChI=1S/C17H13Cl3N2O3/c18-10-2-4-15-13(5-10)17(24)22(9-21-15)7-12(23)8-25-16-6-11(19)1-3-14(16)20/h1-6,9,12,23H,7-8H2/t12-/m1/s1. The quantitative estimate of drug-likeness (QED) is 0.709. The molecule has 0 fully saturated rings. The van der Waals surface area contributed by atoms with Crippen LogP contribution in [0.5, 0.6) is 5.75 Å². The molecule has 3 rings (SSSR count). The van der Waals surface area contributed by atoms with E-state index < -0.39 is 6.10 Å². The molecule has 3 aromatic rings. The van der Waals surface area contributed by atoms with Gasteiger partial charge in [-0.1, -0.05) is 34.8 Å². The van der Waals surface area contributed by atoms with Crippen molar-refractivity contribution in [3.8, 4) is 5.75 Å². The van der Waals surface area contributed by atoms with Crippen LogP contribution in [0.25, 0.3) is 10.9 Å². The topological polar surface area (TPSA) is 64.4 Å². The number of aliphatic hydroxyl groups excluding tert-OH is 1. The predicted octanol–water partition coefficient (Wildman–Crippen LogP) is 3.80. The summed E-state index contributed by atoms with van der Waals surface area (Å²) in [4.78, 5) is 16.7. The summed E-state index contributed by atoms with van der Waals surface area (Å²) >= 11 is 17.8. The van der Waals surface area contributed by atoms with E-state index in [1.165, 1.54) is 10.9 Å². The number of nitrogens with zero attached hydrogens (tertiary/aromatic N) is 2.